The molecule has 0 aliphatic carbocycles. The van der Waals surface area contributed by atoms with Gasteiger partial charge in [0.25, 0.3) is 5.91 Å². The van der Waals surface area contributed by atoms with Crippen LogP contribution in [0.3, 0.4) is 0 Å². The van der Waals surface area contributed by atoms with Gasteiger partial charge in [-0.15, -0.1) is 0 Å². The second kappa shape index (κ2) is 9.05. The summed E-state index contributed by atoms with van der Waals surface area (Å²) >= 11 is 0. The van der Waals surface area contributed by atoms with Crippen LogP contribution in [0.1, 0.15) is 22.8 Å². The predicted molar refractivity (Wildman–Crippen MR) is 109 cm³/mol. The Kier molecular flexibility index (Phi) is 6.29. The van der Waals surface area contributed by atoms with Crippen LogP contribution in [0.4, 0.5) is 0 Å². The summed E-state index contributed by atoms with van der Waals surface area (Å²) in [5.74, 6) is -1.38. The smallest absolute Gasteiger partial charge is 0.328 e. The molecule has 1 aromatic heterocycles. The third kappa shape index (κ3) is 4.82. The van der Waals surface area contributed by atoms with E-state index in [9.17, 15) is 14.4 Å². The zero-order chi connectivity index (χ0) is 20.8. The van der Waals surface area contributed by atoms with Gasteiger partial charge in [-0.1, -0.05) is 36.4 Å². The summed E-state index contributed by atoms with van der Waals surface area (Å²) in [7, 11) is 1.28. The average molecular weight is 393 g/mol. The monoisotopic (exact) mass is 393 g/mol. The largest absolute Gasteiger partial charge is 0.467 e. The number of esters is 1. The first kappa shape index (κ1) is 20.1. The number of carbonyl (C=O) groups is 3. The molecule has 0 fully saturated rings. The van der Waals surface area contributed by atoms with E-state index in [1.165, 1.54) is 7.11 Å². The molecule has 1 heterocycles. The molecule has 0 saturated heterocycles. The minimum Gasteiger partial charge on any atom is -0.467 e. The third-order valence-corrected chi connectivity index (χ3v) is 4.68. The van der Waals surface area contributed by atoms with Crippen molar-refractivity contribution in [2.24, 2.45) is 0 Å². The Morgan fingerprint density at radius 3 is 2.41 bits per heavy atom. The van der Waals surface area contributed by atoms with Crippen molar-refractivity contribution in [2.45, 2.75) is 25.4 Å². The van der Waals surface area contributed by atoms with Gasteiger partial charge in [-0.05, 0) is 30.7 Å². The topological polar surface area (TPSA) is 100 Å². The van der Waals surface area contributed by atoms with Crippen LogP contribution in [0.25, 0.3) is 10.9 Å². The number of hydrogen-bond acceptors (Lipinski definition) is 4. The first-order chi connectivity index (χ1) is 14.0. The molecule has 0 aliphatic heterocycles. The van der Waals surface area contributed by atoms with Gasteiger partial charge in [-0.2, -0.15) is 0 Å². The Bertz CT molecular complexity index is 1010. The van der Waals surface area contributed by atoms with Gasteiger partial charge >= 0.3 is 5.97 Å². The molecule has 3 N–H and O–H groups in total. The molecule has 7 nitrogen and oxygen atoms in total. The summed E-state index contributed by atoms with van der Waals surface area (Å²) in [6.07, 6.45) is 2.08. The van der Waals surface area contributed by atoms with Crippen molar-refractivity contribution in [3.63, 3.8) is 0 Å². The van der Waals surface area contributed by atoms with E-state index >= 15 is 0 Å². The Morgan fingerprint density at radius 2 is 1.69 bits per heavy atom. The van der Waals surface area contributed by atoms with Crippen LogP contribution < -0.4 is 10.6 Å². The Morgan fingerprint density at radius 1 is 1.00 bits per heavy atom. The predicted octanol–water partition coefficient (Wildman–Crippen LogP) is 2.19. The normalized spacial score (nSPS) is 12.8. The summed E-state index contributed by atoms with van der Waals surface area (Å²) in [5.41, 5.74) is 2.29. The van der Waals surface area contributed by atoms with Crippen molar-refractivity contribution in [2.75, 3.05) is 7.11 Å². The number of rotatable bonds is 7. The number of aromatic nitrogens is 1. The first-order valence-electron chi connectivity index (χ1n) is 9.28. The number of fused-ring (bicyclic) bond motifs is 1. The van der Waals surface area contributed by atoms with Gasteiger partial charge in [0.05, 0.1) is 7.11 Å². The minimum atomic E-state index is -0.872. The highest BCUT2D eigenvalue weighted by Crippen LogP contribution is 2.19. The molecule has 2 aromatic carbocycles. The first-order valence-corrected chi connectivity index (χ1v) is 9.28. The number of ether oxygens (including phenoxy) is 1. The molecule has 0 aliphatic rings. The summed E-state index contributed by atoms with van der Waals surface area (Å²) < 4.78 is 4.85. The van der Waals surface area contributed by atoms with Crippen LogP contribution in [0.2, 0.25) is 0 Å². The van der Waals surface area contributed by atoms with Gasteiger partial charge < -0.3 is 20.4 Å². The highest BCUT2D eigenvalue weighted by atomic mass is 16.5. The van der Waals surface area contributed by atoms with Crippen LogP contribution in [-0.2, 0) is 20.7 Å². The van der Waals surface area contributed by atoms with Gasteiger partial charge in [-0.3, -0.25) is 9.59 Å². The Labute approximate surface area is 168 Å². The van der Waals surface area contributed by atoms with Gasteiger partial charge in [-0.25, -0.2) is 4.79 Å². The number of aromatic amines is 1. The molecule has 2 amide bonds. The zero-order valence-electron chi connectivity index (χ0n) is 16.3. The lowest BCUT2D eigenvalue weighted by molar-refractivity contribution is -0.145. The molecule has 0 spiro atoms. The van der Waals surface area contributed by atoms with E-state index in [1.54, 1.807) is 37.3 Å². The molecule has 3 aromatic rings. The van der Waals surface area contributed by atoms with Crippen LogP contribution in [-0.4, -0.2) is 42.0 Å². The summed E-state index contributed by atoms with van der Waals surface area (Å²) in [6.45, 7) is 1.57. The molecule has 0 bridgehead atoms. The third-order valence-electron chi connectivity index (χ3n) is 4.68. The molecule has 0 radical (unpaired) electrons. The molecular formula is C22H23N3O4. The van der Waals surface area contributed by atoms with Crippen molar-refractivity contribution < 1.29 is 19.1 Å². The van der Waals surface area contributed by atoms with E-state index in [-0.39, 0.29) is 12.3 Å². The molecule has 1 unspecified atom stereocenters. The number of carbonyl (C=O) groups excluding carboxylic acids is 3. The number of para-hydroxylation sites is 1. The maximum atomic E-state index is 12.6. The van der Waals surface area contributed by atoms with Crippen molar-refractivity contribution in [1.82, 2.24) is 15.6 Å². The standard InChI is InChI=1S/C22H23N3O4/c1-14(24-21(27)15-8-4-3-5-9-15)20(26)25-19(22(28)29-2)12-16-13-23-18-11-7-6-10-17(16)18/h3-11,13-14,19,23H,12H2,1-2H3,(H,24,27)(H,25,26)/t14?,19-/m1/s1. The highest BCUT2D eigenvalue weighted by molar-refractivity contribution is 5.98. The van der Waals surface area contributed by atoms with E-state index in [0.717, 1.165) is 16.5 Å². The summed E-state index contributed by atoms with van der Waals surface area (Å²) in [4.78, 5) is 40.2. The maximum absolute atomic E-state index is 12.6. The summed E-state index contributed by atoms with van der Waals surface area (Å²) in [5, 5.41) is 6.30. The zero-order valence-corrected chi connectivity index (χ0v) is 16.3. The summed E-state index contributed by atoms with van der Waals surface area (Å²) in [6, 6.07) is 14.6. The van der Waals surface area contributed by atoms with Crippen molar-refractivity contribution in [1.29, 1.82) is 0 Å². The van der Waals surface area contributed by atoms with Crippen LogP contribution >= 0.6 is 0 Å². The number of amides is 2. The minimum absolute atomic E-state index is 0.266. The fraction of sp³-hybridized carbons (Fsp3) is 0.227. The van der Waals surface area contributed by atoms with Gasteiger partial charge in [0.2, 0.25) is 5.91 Å². The molecule has 2 atom stereocenters. The van der Waals surface area contributed by atoms with E-state index in [1.807, 2.05) is 30.5 Å². The quantitative estimate of drug-likeness (QED) is 0.536. The van der Waals surface area contributed by atoms with Gasteiger partial charge in [0.15, 0.2) is 0 Å². The molecule has 0 saturated carbocycles. The van der Waals surface area contributed by atoms with E-state index in [4.69, 9.17) is 4.74 Å². The van der Waals surface area contributed by atoms with Crippen molar-refractivity contribution in [3.8, 4) is 0 Å². The van der Waals surface area contributed by atoms with Crippen molar-refractivity contribution in [3.05, 3.63) is 71.9 Å². The van der Waals surface area contributed by atoms with E-state index < -0.39 is 24.0 Å². The number of H-pyrrole nitrogens is 1. The molecule has 7 heteroatoms. The molecule has 3 rings (SSSR count). The number of methoxy groups -OCH3 is 1. The second-order valence-electron chi connectivity index (χ2n) is 6.71. The Balaban J connectivity index is 1.68. The number of nitrogens with one attached hydrogen (secondary N) is 3. The average Bonchev–Trinajstić information content (AvgIpc) is 3.16. The van der Waals surface area contributed by atoms with Crippen LogP contribution in [0.15, 0.2) is 60.8 Å². The molecular weight excluding hydrogens is 370 g/mol. The van der Waals surface area contributed by atoms with Crippen molar-refractivity contribution >= 4 is 28.7 Å². The van der Waals surface area contributed by atoms with Crippen LogP contribution in [0.5, 0.6) is 0 Å². The number of hydrogen-bond donors (Lipinski definition) is 3. The maximum Gasteiger partial charge on any atom is 0.328 e. The van der Waals surface area contributed by atoms with E-state index in [0.29, 0.717) is 5.56 Å². The highest BCUT2D eigenvalue weighted by Gasteiger charge is 2.26. The lowest BCUT2D eigenvalue weighted by atomic mass is 10.0. The number of benzene rings is 2. The van der Waals surface area contributed by atoms with Gasteiger partial charge in [0.1, 0.15) is 12.1 Å². The Hall–Kier alpha value is -3.61. The van der Waals surface area contributed by atoms with Gasteiger partial charge in [0, 0.05) is 29.1 Å². The lowest BCUT2D eigenvalue weighted by Crippen LogP contribution is -2.51. The molecule has 150 valence electrons. The SMILES string of the molecule is COC(=O)[C@@H](Cc1c[nH]c2ccccc12)NC(=O)C(C)NC(=O)c1ccccc1. The van der Waals surface area contributed by atoms with Crippen LogP contribution in [0, 0.1) is 0 Å². The van der Waals surface area contributed by atoms with E-state index in [2.05, 4.69) is 15.6 Å². The fourth-order valence-corrected chi connectivity index (χ4v) is 3.09. The lowest BCUT2D eigenvalue weighted by Gasteiger charge is -2.20. The second-order valence-corrected chi connectivity index (χ2v) is 6.71. The molecule has 29 heavy (non-hydrogen) atoms. The fourth-order valence-electron chi connectivity index (χ4n) is 3.09.